The molecule has 1 atom stereocenters. The lowest BCUT2D eigenvalue weighted by Crippen LogP contribution is -2.56. The molecular formula is C21H27N3O2S. The number of amides is 2. The summed E-state index contributed by atoms with van der Waals surface area (Å²) in [6, 6.07) is 11.9. The molecule has 1 saturated heterocycles. The zero-order valence-corrected chi connectivity index (χ0v) is 16.8. The second-order valence-electron chi connectivity index (χ2n) is 7.06. The van der Waals surface area contributed by atoms with E-state index in [4.69, 9.17) is 0 Å². The van der Waals surface area contributed by atoms with Crippen molar-refractivity contribution in [1.82, 2.24) is 15.1 Å². The van der Waals surface area contributed by atoms with Crippen LogP contribution in [-0.4, -0.2) is 54.3 Å². The fourth-order valence-corrected chi connectivity index (χ4v) is 4.32. The standard InChI is InChI=1S/C21H27N3O2S/c1-16-9-13-27-19(16)15-23(2)20(25)14-18-21(26)22-10-12-24(18)11-8-17-6-4-3-5-7-17/h3-7,9,13,18H,8,10-12,14-15H2,1-2H3,(H,22,26)/t18-/m1/s1. The van der Waals surface area contributed by atoms with Gasteiger partial charge in [0.2, 0.25) is 11.8 Å². The van der Waals surface area contributed by atoms with E-state index in [0.29, 0.717) is 13.1 Å². The lowest BCUT2D eigenvalue weighted by molar-refractivity contribution is -0.138. The Labute approximate surface area is 165 Å². The highest BCUT2D eigenvalue weighted by Crippen LogP contribution is 2.19. The predicted molar refractivity (Wildman–Crippen MR) is 109 cm³/mol. The molecule has 0 aliphatic carbocycles. The summed E-state index contributed by atoms with van der Waals surface area (Å²) < 4.78 is 0. The smallest absolute Gasteiger partial charge is 0.237 e. The quantitative estimate of drug-likeness (QED) is 0.797. The molecule has 6 heteroatoms. The molecule has 144 valence electrons. The number of benzene rings is 1. The fourth-order valence-electron chi connectivity index (χ4n) is 3.36. The molecule has 0 spiro atoms. The van der Waals surface area contributed by atoms with Gasteiger partial charge in [-0.2, -0.15) is 0 Å². The van der Waals surface area contributed by atoms with Crippen LogP contribution in [0.1, 0.15) is 22.4 Å². The summed E-state index contributed by atoms with van der Waals surface area (Å²) in [6.45, 7) is 4.86. The van der Waals surface area contributed by atoms with Gasteiger partial charge in [0.15, 0.2) is 0 Å². The van der Waals surface area contributed by atoms with Crippen LogP contribution in [0.4, 0.5) is 0 Å². The Kier molecular flexibility index (Phi) is 6.63. The number of carbonyl (C=O) groups excluding carboxylic acids is 2. The number of thiophene rings is 1. The van der Waals surface area contributed by atoms with Gasteiger partial charge in [0.05, 0.1) is 19.0 Å². The van der Waals surface area contributed by atoms with E-state index in [1.54, 1.807) is 16.2 Å². The van der Waals surface area contributed by atoms with Gasteiger partial charge in [-0.05, 0) is 35.9 Å². The number of nitrogens with zero attached hydrogens (tertiary/aromatic N) is 2. The molecule has 1 aromatic carbocycles. The first-order valence-corrected chi connectivity index (χ1v) is 10.2. The molecule has 1 N–H and O–H groups in total. The van der Waals surface area contributed by atoms with E-state index in [1.807, 2.05) is 30.6 Å². The second-order valence-corrected chi connectivity index (χ2v) is 8.06. The minimum Gasteiger partial charge on any atom is -0.353 e. The van der Waals surface area contributed by atoms with Crippen molar-refractivity contribution in [2.24, 2.45) is 0 Å². The molecule has 0 saturated carbocycles. The maximum atomic E-state index is 12.7. The van der Waals surface area contributed by atoms with E-state index in [2.05, 4.69) is 35.3 Å². The second kappa shape index (κ2) is 9.15. The van der Waals surface area contributed by atoms with Crippen LogP contribution in [0, 0.1) is 6.92 Å². The molecule has 1 aliphatic heterocycles. The lowest BCUT2D eigenvalue weighted by Gasteiger charge is -2.35. The van der Waals surface area contributed by atoms with Gasteiger partial charge in [-0.25, -0.2) is 0 Å². The van der Waals surface area contributed by atoms with Crippen molar-refractivity contribution < 1.29 is 9.59 Å². The van der Waals surface area contributed by atoms with E-state index >= 15 is 0 Å². The largest absolute Gasteiger partial charge is 0.353 e. The zero-order valence-electron chi connectivity index (χ0n) is 16.0. The van der Waals surface area contributed by atoms with Crippen molar-refractivity contribution in [3.63, 3.8) is 0 Å². The Bertz CT molecular complexity index is 775. The van der Waals surface area contributed by atoms with Crippen molar-refractivity contribution in [3.05, 3.63) is 57.8 Å². The molecule has 2 heterocycles. The first-order valence-electron chi connectivity index (χ1n) is 9.37. The van der Waals surface area contributed by atoms with Gasteiger partial charge in [0, 0.05) is 31.6 Å². The molecule has 0 unspecified atom stereocenters. The number of hydrogen-bond acceptors (Lipinski definition) is 4. The third-order valence-electron chi connectivity index (χ3n) is 5.11. The number of nitrogens with one attached hydrogen (secondary N) is 1. The summed E-state index contributed by atoms with van der Waals surface area (Å²) in [5, 5.41) is 4.95. The van der Waals surface area contributed by atoms with Crippen LogP contribution in [0.5, 0.6) is 0 Å². The Morgan fingerprint density at radius 2 is 2.07 bits per heavy atom. The summed E-state index contributed by atoms with van der Waals surface area (Å²) in [6.07, 6.45) is 1.10. The first-order chi connectivity index (χ1) is 13.0. The highest BCUT2D eigenvalue weighted by molar-refractivity contribution is 7.10. The van der Waals surface area contributed by atoms with Gasteiger partial charge in [-0.3, -0.25) is 14.5 Å². The Morgan fingerprint density at radius 3 is 2.78 bits per heavy atom. The first kappa shape index (κ1) is 19.6. The van der Waals surface area contributed by atoms with Crippen molar-refractivity contribution in [2.75, 3.05) is 26.7 Å². The average molecular weight is 386 g/mol. The summed E-state index contributed by atoms with van der Waals surface area (Å²) in [4.78, 5) is 30.2. The number of rotatable bonds is 7. The van der Waals surface area contributed by atoms with Gasteiger partial charge >= 0.3 is 0 Å². The molecule has 1 aromatic heterocycles. The van der Waals surface area contributed by atoms with Crippen molar-refractivity contribution >= 4 is 23.2 Å². The van der Waals surface area contributed by atoms with Crippen LogP contribution < -0.4 is 5.32 Å². The molecule has 0 radical (unpaired) electrons. The Morgan fingerprint density at radius 1 is 1.30 bits per heavy atom. The van der Waals surface area contributed by atoms with Crippen molar-refractivity contribution in [1.29, 1.82) is 0 Å². The number of aryl methyl sites for hydroxylation is 1. The van der Waals surface area contributed by atoms with Crippen molar-refractivity contribution in [2.45, 2.75) is 32.4 Å². The Hall–Kier alpha value is -2.18. The van der Waals surface area contributed by atoms with E-state index in [-0.39, 0.29) is 24.3 Å². The van der Waals surface area contributed by atoms with Gasteiger partial charge in [-0.15, -0.1) is 11.3 Å². The minimum absolute atomic E-state index is 0.00885. The molecule has 1 aliphatic rings. The third-order valence-corrected chi connectivity index (χ3v) is 6.12. The zero-order chi connectivity index (χ0) is 19.2. The average Bonchev–Trinajstić information content (AvgIpc) is 3.07. The topological polar surface area (TPSA) is 52.7 Å². The Balaban J connectivity index is 1.59. The van der Waals surface area contributed by atoms with Gasteiger partial charge in [0.25, 0.3) is 0 Å². The monoisotopic (exact) mass is 385 g/mol. The summed E-state index contributed by atoms with van der Waals surface area (Å²) in [5.41, 5.74) is 2.46. The highest BCUT2D eigenvalue weighted by Gasteiger charge is 2.32. The maximum Gasteiger partial charge on any atom is 0.237 e. The molecule has 0 bridgehead atoms. The molecule has 2 aromatic rings. The summed E-state index contributed by atoms with van der Waals surface area (Å²) >= 11 is 1.66. The van der Waals surface area contributed by atoms with Crippen LogP contribution in [0.2, 0.25) is 0 Å². The summed E-state index contributed by atoms with van der Waals surface area (Å²) in [5.74, 6) is -0.0297. The maximum absolute atomic E-state index is 12.7. The van der Waals surface area contributed by atoms with Crippen LogP contribution in [-0.2, 0) is 22.6 Å². The fraction of sp³-hybridized carbons (Fsp3) is 0.429. The van der Waals surface area contributed by atoms with Crippen LogP contribution >= 0.6 is 11.3 Å². The lowest BCUT2D eigenvalue weighted by atomic mass is 10.1. The van der Waals surface area contributed by atoms with E-state index in [9.17, 15) is 9.59 Å². The normalized spacial score (nSPS) is 17.6. The van der Waals surface area contributed by atoms with Gasteiger partial charge in [0.1, 0.15) is 0 Å². The van der Waals surface area contributed by atoms with Crippen LogP contribution in [0.25, 0.3) is 0 Å². The third kappa shape index (κ3) is 5.17. The van der Waals surface area contributed by atoms with Gasteiger partial charge in [-0.1, -0.05) is 30.3 Å². The molecule has 1 fully saturated rings. The number of hydrogen-bond donors (Lipinski definition) is 1. The molecular weight excluding hydrogens is 358 g/mol. The summed E-state index contributed by atoms with van der Waals surface area (Å²) in [7, 11) is 1.82. The molecule has 27 heavy (non-hydrogen) atoms. The van der Waals surface area contributed by atoms with Gasteiger partial charge < -0.3 is 10.2 Å². The molecule has 2 amide bonds. The van der Waals surface area contributed by atoms with Crippen molar-refractivity contribution in [3.8, 4) is 0 Å². The predicted octanol–water partition coefficient (Wildman–Crippen LogP) is 2.45. The highest BCUT2D eigenvalue weighted by atomic mass is 32.1. The number of carbonyl (C=O) groups is 2. The number of piperazine rings is 1. The van der Waals surface area contributed by atoms with E-state index < -0.39 is 0 Å². The van der Waals surface area contributed by atoms with E-state index in [1.165, 1.54) is 16.0 Å². The molecule has 3 rings (SSSR count). The van der Waals surface area contributed by atoms with Crippen LogP contribution in [0.15, 0.2) is 41.8 Å². The molecule has 5 nitrogen and oxygen atoms in total. The van der Waals surface area contributed by atoms with E-state index in [0.717, 1.165) is 19.5 Å². The minimum atomic E-state index is -0.387. The van der Waals surface area contributed by atoms with Crippen LogP contribution in [0.3, 0.4) is 0 Å². The SMILES string of the molecule is Cc1ccsc1CN(C)C(=O)C[C@@H]1C(=O)NCCN1CCc1ccccc1.